The van der Waals surface area contributed by atoms with Gasteiger partial charge in [0.1, 0.15) is 29.9 Å². The molecule has 32 atom stereocenters. The van der Waals surface area contributed by atoms with Crippen LogP contribution in [0.15, 0.2) is 96.5 Å². The largest absolute Gasteiger partial charge is 0.410 e. The SMILES string of the molecule is C=CC[C@H]1O[C@H]2C=C[C@H]3O[C@H]4[C@H](C)[C@H]5O[C@@H](/C=C/[C@H](C)CC)C=CC[C@@H]5O[C@@H]4C[C@@H]3O[C@@H]2C=C[C@@H]1OC(C[C@@H](C)[C@]1(C)O[C@@H]2C[C@H](C)C[C@@H]3O[C@H]4[C@H](C[C@H]3O[C@H]2C[C@H]1O[Si](C(C)C)(C(C)C)C(C)C)O[C@@H]1[C@@H](C)[C@H](C)[C@@]2(C[C@H](C)CO2)O[C@H]1C(C)[C@@H]4C)Sc1ccccc1. The predicted molar refractivity (Wildman–Crippen MR) is 374 cm³/mol. The lowest BCUT2D eigenvalue weighted by molar-refractivity contribution is -0.335. The van der Waals surface area contributed by atoms with E-state index in [9.17, 15) is 0 Å². The van der Waals surface area contributed by atoms with Crippen LogP contribution in [0.5, 0.6) is 0 Å². The molecule has 1 spiro atoms. The third-order valence-corrected chi connectivity index (χ3v) is 32.6. The summed E-state index contributed by atoms with van der Waals surface area (Å²) in [5, 5.41) is 0. The Balaban J connectivity index is 0.784. The molecule has 1 aromatic carbocycles. The molecular weight excluding hydrogens is 1220 g/mol. The number of benzene rings is 1. The van der Waals surface area contributed by atoms with Gasteiger partial charge >= 0.3 is 0 Å². The molecule has 0 bridgehead atoms. The van der Waals surface area contributed by atoms with Crippen LogP contribution >= 0.6 is 11.8 Å². The normalized spacial score (nSPS) is 46.4. The van der Waals surface area contributed by atoms with Gasteiger partial charge in [-0.2, -0.15) is 0 Å². The second-order valence-corrected chi connectivity index (χ2v) is 39.4. The lowest BCUT2D eigenvalue weighted by Crippen LogP contribution is -2.65. The lowest BCUT2D eigenvalue weighted by atomic mass is 9.73. The fourth-order valence-electron chi connectivity index (χ4n) is 19.3. The van der Waals surface area contributed by atoms with E-state index in [1.54, 1.807) is 11.8 Å². The molecule has 11 aliphatic heterocycles. The lowest BCUT2D eigenvalue weighted by Gasteiger charge is -2.57. The van der Waals surface area contributed by atoms with Crippen LogP contribution in [0, 0.1) is 53.3 Å². The van der Waals surface area contributed by atoms with Crippen molar-refractivity contribution in [1.82, 2.24) is 0 Å². The van der Waals surface area contributed by atoms with Crippen LogP contribution in [0.2, 0.25) is 16.6 Å². The fraction of sp³-hybridized carbons (Fsp3) is 0.797. The first kappa shape index (κ1) is 71.8. The number of ether oxygens (including phenoxy) is 12. The van der Waals surface area contributed by atoms with Gasteiger partial charge in [0.25, 0.3) is 0 Å². The van der Waals surface area contributed by atoms with E-state index in [2.05, 4.69) is 203 Å². The first-order valence-electron chi connectivity index (χ1n) is 37.5. The number of rotatable bonds is 17. The zero-order chi connectivity index (χ0) is 66.7. The van der Waals surface area contributed by atoms with Crippen LogP contribution in [-0.2, 0) is 61.3 Å². The van der Waals surface area contributed by atoms with Crippen LogP contribution in [-0.4, -0.2) is 154 Å². The summed E-state index contributed by atoms with van der Waals surface area (Å²) in [6.45, 7) is 45.0. The maximum Gasteiger partial charge on any atom is 0.200 e. The second kappa shape index (κ2) is 29.9. The van der Waals surface area contributed by atoms with Crippen molar-refractivity contribution in [2.24, 2.45) is 53.3 Å². The van der Waals surface area contributed by atoms with Crippen molar-refractivity contribution in [2.45, 2.75) is 342 Å². The molecule has 15 heteroatoms. The van der Waals surface area contributed by atoms with E-state index in [4.69, 9.17) is 61.3 Å². The van der Waals surface area contributed by atoms with Gasteiger partial charge in [-0.25, -0.2) is 0 Å². The smallest absolute Gasteiger partial charge is 0.200 e. The van der Waals surface area contributed by atoms with Crippen molar-refractivity contribution >= 4 is 20.1 Å². The van der Waals surface area contributed by atoms with Crippen molar-refractivity contribution in [3.63, 3.8) is 0 Å². The van der Waals surface area contributed by atoms with Gasteiger partial charge in [-0.1, -0.05) is 202 Å². The molecule has 0 saturated carbocycles. The maximum atomic E-state index is 8.16. The molecule has 8 fully saturated rings. The van der Waals surface area contributed by atoms with E-state index in [1.165, 1.54) is 0 Å². The summed E-state index contributed by atoms with van der Waals surface area (Å²) in [5.41, 5.74) is 0.138. The van der Waals surface area contributed by atoms with Gasteiger partial charge in [-0.3, -0.25) is 0 Å². The summed E-state index contributed by atoms with van der Waals surface area (Å²) in [5.74, 6) is 1.77. The molecule has 0 N–H and O–H groups in total. The quantitative estimate of drug-likeness (QED) is 0.0637. The predicted octanol–water partition coefficient (Wildman–Crippen LogP) is 16.5. The number of thioether (sulfide) groups is 1. The summed E-state index contributed by atoms with van der Waals surface area (Å²) in [6, 6.07) is 10.7. The molecule has 12 rings (SSSR count). The van der Waals surface area contributed by atoms with Crippen LogP contribution < -0.4 is 0 Å². The standard InChI is InChI=1S/C79H122O13SSi/c1-19-25-58-61(34-32-60-59(82-58)33-35-62-65(83-60)39-69-75(87-62)54(16)74-63(84-69)29-24-26-56(81-74)31-30-47(9)20-2)86-72(93-57-27-22-21-23-28-57)38-50(12)78(18)71(92-94(44(3)4,45(5)6)46(7)8)41-67-68(90-78)37-48(10)36-64-66(85-67)40-70-73(88-64)51(13)52(14)77-76(89-70)53(15)55(17)79(91-77)42-49(11)43-80-79/h19,21-24,26-28,30-35,44-56,58-77H,1,20,25,29,36-43H2,2-18H3/b31-30+/t47-,48-,49+,50-,51+,52?,53+,54-,55+,56-,58-,59+,60-,61+,62-,63+,64+,65+,66-,67+,68-,69-,70+,71-,72?,73-,74-,75+,76-,77+,78+,79-/m1/s1. The number of hydrogen-bond donors (Lipinski definition) is 0. The van der Waals surface area contributed by atoms with Gasteiger partial charge in [0.2, 0.25) is 8.32 Å². The minimum atomic E-state index is -2.50. The summed E-state index contributed by atoms with van der Waals surface area (Å²) in [7, 11) is -2.50. The Morgan fingerprint density at radius 3 is 1.95 bits per heavy atom. The maximum absolute atomic E-state index is 8.16. The highest BCUT2D eigenvalue weighted by molar-refractivity contribution is 7.99. The van der Waals surface area contributed by atoms with Crippen molar-refractivity contribution in [3.8, 4) is 0 Å². The van der Waals surface area contributed by atoms with E-state index >= 15 is 0 Å². The first-order chi connectivity index (χ1) is 44.9. The number of fused-ring (bicyclic) bond motifs is 8. The Hall–Kier alpha value is -2.03. The third-order valence-electron chi connectivity index (χ3n) is 25.4. The molecule has 11 aliphatic rings. The summed E-state index contributed by atoms with van der Waals surface area (Å²) in [4.78, 5) is 1.15. The van der Waals surface area contributed by atoms with Crippen LogP contribution in [0.4, 0.5) is 0 Å². The van der Waals surface area contributed by atoms with E-state index in [-0.39, 0.29) is 157 Å². The first-order valence-corrected chi connectivity index (χ1v) is 40.5. The highest BCUT2D eigenvalue weighted by atomic mass is 32.2. The van der Waals surface area contributed by atoms with Crippen molar-refractivity contribution < 1.29 is 61.3 Å². The van der Waals surface area contributed by atoms with E-state index < -0.39 is 25.8 Å². The fourth-order valence-corrected chi connectivity index (χ4v) is 26.1. The molecule has 13 nitrogen and oxygen atoms in total. The van der Waals surface area contributed by atoms with Gasteiger partial charge in [-0.15, -0.1) is 6.58 Å². The van der Waals surface area contributed by atoms with Crippen molar-refractivity contribution in [2.75, 3.05) is 6.61 Å². The molecule has 94 heavy (non-hydrogen) atoms. The number of hydrogen-bond acceptors (Lipinski definition) is 14. The zero-order valence-corrected chi connectivity index (χ0v) is 62.2. The monoisotopic (exact) mass is 1340 g/mol. The van der Waals surface area contributed by atoms with E-state index in [0.717, 1.165) is 62.9 Å². The van der Waals surface area contributed by atoms with Gasteiger partial charge in [-0.05, 0) is 109 Å². The molecule has 0 aromatic heterocycles. The Labute approximate surface area is 572 Å². The van der Waals surface area contributed by atoms with Gasteiger partial charge < -0.3 is 61.3 Å². The third kappa shape index (κ3) is 14.5. The average Bonchev–Trinajstić information content (AvgIpc) is 1.36. The molecule has 0 aliphatic carbocycles. The second-order valence-electron chi connectivity index (χ2n) is 32.7. The van der Waals surface area contributed by atoms with E-state index in [1.807, 2.05) is 6.08 Å². The Morgan fingerprint density at radius 2 is 1.23 bits per heavy atom. The van der Waals surface area contributed by atoms with Crippen LogP contribution in [0.3, 0.4) is 0 Å². The molecule has 11 heterocycles. The van der Waals surface area contributed by atoms with Gasteiger partial charge in [0, 0.05) is 42.4 Å². The zero-order valence-electron chi connectivity index (χ0n) is 60.3. The number of allylic oxidation sites excluding steroid dienone is 1. The molecule has 2 unspecified atom stereocenters. The summed E-state index contributed by atoms with van der Waals surface area (Å²) < 4.78 is 95.4. The van der Waals surface area contributed by atoms with Gasteiger partial charge in [0.15, 0.2) is 5.79 Å². The Bertz CT molecular complexity index is 2760. The molecule has 0 amide bonds. The minimum absolute atomic E-state index is 0.00795. The average molecular weight is 1340 g/mol. The Morgan fingerprint density at radius 1 is 0.606 bits per heavy atom. The molecule has 8 saturated heterocycles. The van der Waals surface area contributed by atoms with Crippen molar-refractivity contribution in [1.29, 1.82) is 0 Å². The highest BCUT2D eigenvalue weighted by Crippen LogP contribution is 2.55. The molecular formula is C79H122O13SSi. The molecule has 526 valence electrons. The van der Waals surface area contributed by atoms with Crippen molar-refractivity contribution in [3.05, 3.63) is 91.6 Å². The summed E-state index contributed by atoms with van der Waals surface area (Å²) in [6.07, 6.45) is 24.2. The molecule has 1 aromatic rings. The van der Waals surface area contributed by atoms with Gasteiger partial charge in [0.05, 0.1) is 110 Å². The minimum Gasteiger partial charge on any atom is -0.410 e. The van der Waals surface area contributed by atoms with E-state index in [0.29, 0.717) is 47.2 Å². The topological polar surface area (TPSA) is 120 Å². The summed E-state index contributed by atoms with van der Waals surface area (Å²) >= 11 is 1.78. The van der Waals surface area contributed by atoms with Crippen LogP contribution in [0.1, 0.15) is 182 Å². The molecule has 0 radical (unpaired) electrons. The highest BCUT2D eigenvalue weighted by Gasteiger charge is 2.62. The van der Waals surface area contributed by atoms with Crippen LogP contribution in [0.25, 0.3) is 0 Å². The Kier molecular flexibility index (Phi) is 22.8.